The lowest BCUT2D eigenvalue weighted by Crippen LogP contribution is -2.26. The van der Waals surface area contributed by atoms with Crippen molar-refractivity contribution in [2.45, 2.75) is 39.5 Å². The molecule has 0 aliphatic heterocycles. The van der Waals surface area contributed by atoms with Crippen LogP contribution in [-0.4, -0.2) is 26.1 Å². The zero-order valence-corrected chi connectivity index (χ0v) is 13.2. The van der Waals surface area contributed by atoms with Crippen LogP contribution in [-0.2, 0) is 5.41 Å². The van der Waals surface area contributed by atoms with Crippen LogP contribution < -0.4 is 15.8 Å². The largest absolute Gasteiger partial charge is 0.496 e. The number of aryl methyl sites for hydroxylation is 1. The number of carbonyl (C=O) groups excluding carboxylic acids is 1. The predicted molar refractivity (Wildman–Crippen MR) is 82.4 cm³/mol. The number of methoxy groups -OCH3 is 1. The first-order chi connectivity index (χ1) is 9.31. The molecular formula is C16H26N2O2. The average Bonchev–Trinajstić information content (AvgIpc) is 2.36. The van der Waals surface area contributed by atoms with E-state index in [1.807, 2.05) is 19.1 Å². The molecule has 1 aromatic carbocycles. The molecule has 4 nitrogen and oxygen atoms in total. The van der Waals surface area contributed by atoms with Gasteiger partial charge in [-0.1, -0.05) is 20.8 Å². The van der Waals surface area contributed by atoms with Crippen molar-refractivity contribution in [1.29, 1.82) is 0 Å². The summed E-state index contributed by atoms with van der Waals surface area (Å²) in [6.07, 6.45) is 0.785. The van der Waals surface area contributed by atoms with Gasteiger partial charge in [-0.15, -0.1) is 0 Å². The summed E-state index contributed by atoms with van der Waals surface area (Å²) in [5, 5.41) is 2.88. The van der Waals surface area contributed by atoms with Crippen molar-refractivity contribution in [3.8, 4) is 5.75 Å². The van der Waals surface area contributed by atoms with E-state index in [0.717, 1.165) is 23.3 Å². The Morgan fingerprint density at radius 1 is 1.35 bits per heavy atom. The fraction of sp³-hybridized carbons (Fsp3) is 0.562. The lowest BCUT2D eigenvalue weighted by atomic mass is 9.84. The third-order valence-corrected chi connectivity index (χ3v) is 3.22. The molecule has 0 spiro atoms. The quantitative estimate of drug-likeness (QED) is 0.813. The highest BCUT2D eigenvalue weighted by Gasteiger charge is 2.22. The molecule has 0 aliphatic rings. The lowest BCUT2D eigenvalue weighted by Gasteiger charge is -2.24. The monoisotopic (exact) mass is 278 g/mol. The van der Waals surface area contributed by atoms with Crippen molar-refractivity contribution in [2.24, 2.45) is 5.73 Å². The second-order valence-electron chi connectivity index (χ2n) is 6.02. The number of carbonyl (C=O) groups is 1. The molecule has 4 heteroatoms. The first-order valence-corrected chi connectivity index (χ1v) is 6.98. The van der Waals surface area contributed by atoms with Crippen LogP contribution in [0.25, 0.3) is 0 Å². The van der Waals surface area contributed by atoms with E-state index in [1.54, 1.807) is 7.11 Å². The van der Waals surface area contributed by atoms with Gasteiger partial charge in [-0.25, -0.2) is 0 Å². The Morgan fingerprint density at radius 2 is 2.00 bits per heavy atom. The van der Waals surface area contributed by atoms with Crippen LogP contribution in [0.15, 0.2) is 12.1 Å². The summed E-state index contributed by atoms with van der Waals surface area (Å²) < 4.78 is 5.49. The number of hydrogen-bond donors (Lipinski definition) is 2. The van der Waals surface area contributed by atoms with Gasteiger partial charge >= 0.3 is 0 Å². The van der Waals surface area contributed by atoms with Gasteiger partial charge in [-0.05, 0) is 43.0 Å². The molecule has 0 aliphatic carbocycles. The lowest BCUT2D eigenvalue weighted by molar-refractivity contribution is 0.0953. The summed E-state index contributed by atoms with van der Waals surface area (Å²) >= 11 is 0. The molecule has 0 heterocycles. The molecule has 0 saturated carbocycles. The molecule has 20 heavy (non-hydrogen) atoms. The van der Waals surface area contributed by atoms with Gasteiger partial charge in [-0.3, -0.25) is 4.79 Å². The summed E-state index contributed by atoms with van der Waals surface area (Å²) in [5.74, 6) is 0.797. The molecule has 0 bridgehead atoms. The zero-order chi connectivity index (χ0) is 15.3. The Balaban J connectivity index is 3.11. The Bertz CT molecular complexity index is 476. The highest BCUT2D eigenvalue weighted by Crippen LogP contribution is 2.34. The molecule has 1 aromatic rings. The van der Waals surface area contributed by atoms with Crippen LogP contribution in [0.5, 0.6) is 5.75 Å². The molecule has 0 saturated heterocycles. The second-order valence-corrected chi connectivity index (χ2v) is 6.02. The van der Waals surface area contributed by atoms with Gasteiger partial charge in [0, 0.05) is 17.7 Å². The maximum absolute atomic E-state index is 12.2. The fourth-order valence-electron chi connectivity index (χ4n) is 2.14. The third kappa shape index (κ3) is 3.97. The standard InChI is InChI=1S/C16H26N2O2/c1-11-9-12(15(19)18-8-6-7-17)10-13(14(11)20-5)16(2,3)4/h9-10H,6-8,17H2,1-5H3,(H,18,19). The smallest absolute Gasteiger partial charge is 0.251 e. The van der Waals surface area contributed by atoms with Gasteiger partial charge in [0.2, 0.25) is 0 Å². The van der Waals surface area contributed by atoms with E-state index >= 15 is 0 Å². The average molecular weight is 278 g/mol. The van der Waals surface area contributed by atoms with Crippen molar-refractivity contribution in [2.75, 3.05) is 20.2 Å². The molecule has 1 amide bonds. The Hall–Kier alpha value is -1.55. The first kappa shape index (κ1) is 16.5. The van der Waals surface area contributed by atoms with Gasteiger partial charge < -0.3 is 15.8 Å². The molecule has 112 valence electrons. The molecule has 0 fully saturated rings. The van der Waals surface area contributed by atoms with E-state index in [1.165, 1.54) is 0 Å². The summed E-state index contributed by atoms with van der Waals surface area (Å²) in [4.78, 5) is 12.2. The van der Waals surface area contributed by atoms with Gasteiger partial charge in [0.1, 0.15) is 5.75 Å². The Labute approximate surface area is 121 Å². The molecule has 1 rings (SSSR count). The van der Waals surface area contributed by atoms with Gasteiger partial charge in [0.25, 0.3) is 5.91 Å². The van der Waals surface area contributed by atoms with Crippen molar-refractivity contribution >= 4 is 5.91 Å². The number of ether oxygens (including phenoxy) is 1. The Morgan fingerprint density at radius 3 is 2.50 bits per heavy atom. The highest BCUT2D eigenvalue weighted by atomic mass is 16.5. The minimum Gasteiger partial charge on any atom is -0.496 e. The second kappa shape index (κ2) is 6.75. The predicted octanol–water partition coefficient (Wildman–Crippen LogP) is 2.38. The van der Waals surface area contributed by atoms with E-state index in [9.17, 15) is 4.79 Å². The fourth-order valence-corrected chi connectivity index (χ4v) is 2.14. The van der Waals surface area contributed by atoms with Crippen molar-refractivity contribution in [3.05, 3.63) is 28.8 Å². The maximum Gasteiger partial charge on any atom is 0.251 e. The Kier molecular flexibility index (Phi) is 5.57. The highest BCUT2D eigenvalue weighted by molar-refractivity contribution is 5.95. The number of nitrogens with two attached hydrogens (primary N) is 1. The molecule has 0 aromatic heterocycles. The molecule has 0 radical (unpaired) electrons. The van der Waals surface area contributed by atoms with Crippen molar-refractivity contribution in [3.63, 3.8) is 0 Å². The minimum atomic E-state index is -0.0797. The first-order valence-electron chi connectivity index (χ1n) is 6.98. The van der Waals surface area contributed by atoms with E-state index in [-0.39, 0.29) is 11.3 Å². The van der Waals surface area contributed by atoms with Crippen LogP contribution >= 0.6 is 0 Å². The topological polar surface area (TPSA) is 64.3 Å². The molecule has 0 atom stereocenters. The minimum absolute atomic E-state index is 0.0605. The normalized spacial score (nSPS) is 11.3. The summed E-state index contributed by atoms with van der Waals surface area (Å²) in [6.45, 7) is 9.48. The zero-order valence-electron chi connectivity index (χ0n) is 13.2. The van der Waals surface area contributed by atoms with E-state index < -0.39 is 0 Å². The van der Waals surface area contributed by atoms with E-state index in [4.69, 9.17) is 10.5 Å². The molecule has 0 unspecified atom stereocenters. The van der Waals surface area contributed by atoms with Crippen LogP contribution in [0.3, 0.4) is 0 Å². The van der Waals surface area contributed by atoms with Crippen LogP contribution in [0, 0.1) is 6.92 Å². The van der Waals surface area contributed by atoms with Gasteiger partial charge in [0.05, 0.1) is 7.11 Å². The number of nitrogens with one attached hydrogen (secondary N) is 1. The molecular weight excluding hydrogens is 252 g/mol. The van der Waals surface area contributed by atoms with Gasteiger partial charge in [-0.2, -0.15) is 0 Å². The van der Waals surface area contributed by atoms with Gasteiger partial charge in [0.15, 0.2) is 0 Å². The summed E-state index contributed by atoms with van der Waals surface area (Å²) in [7, 11) is 1.67. The van der Waals surface area contributed by atoms with Crippen LogP contribution in [0.1, 0.15) is 48.7 Å². The number of amides is 1. The number of benzene rings is 1. The maximum atomic E-state index is 12.2. The summed E-state index contributed by atoms with van der Waals surface area (Å²) in [5.41, 5.74) is 8.04. The van der Waals surface area contributed by atoms with Crippen molar-refractivity contribution in [1.82, 2.24) is 5.32 Å². The van der Waals surface area contributed by atoms with E-state index in [0.29, 0.717) is 18.7 Å². The number of hydrogen-bond acceptors (Lipinski definition) is 3. The number of rotatable bonds is 5. The molecule has 3 N–H and O–H groups in total. The summed E-state index contributed by atoms with van der Waals surface area (Å²) in [6, 6.07) is 3.79. The van der Waals surface area contributed by atoms with E-state index in [2.05, 4.69) is 26.1 Å². The van der Waals surface area contributed by atoms with Crippen LogP contribution in [0.4, 0.5) is 0 Å². The van der Waals surface area contributed by atoms with Crippen molar-refractivity contribution < 1.29 is 9.53 Å². The third-order valence-electron chi connectivity index (χ3n) is 3.22. The SMILES string of the molecule is COc1c(C)cc(C(=O)NCCCN)cc1C(C)(C)C. The van der Waals surface area contributed by atoms with Crippen LogP contribution in [0.2, 0.25) is 0 Å².